The summed E-state index contributed by atoms with van der Waals surface area (Å²) in [6.45, 7) is 0. The lowest BCUT2D eigenvalue weighted by Gasteiger charge is -2.14. The van der Waals surface area contributed by atoms with Crippen LogP contribution in [0.1, 0.15) is 0 Å². The van der Waals surface area contributed by atoms with Crippen LogP contribution in [0, 0.1) is 5.82 Å². The van der Waals surface area contributed by atoms with Gasteiger partial charge in [-0.25, -0.2) is 12.8 Å². The van der Waals surface area contributed by atoms with E-state index in [-0.39, 0.29) is 22.1 Å². The smallest absolute Gasteiger partial charge is 0.262 e. The minimum absolute atomic E-state index is 0.0600. The minimum atomic E-state index is -4.11. The van der Waals surface area contributed by atoms with Crippen molar-refractivity contribution < 1.29 is 27.0 Å². The molecule has 0 saturated heterocycles. The SMILES string of the molecule is COc1ccc(Oc2ccc(Cl)cc2NS(=O)(=O)c2ccc(OC)c(F)c2)cc1. The van der Waals surface area contributed by atoms with E-state index < -0.39 is 15.8 Å². The van der Waals surface area contributed by atoms with Gasteiger partial charge in [-0.15, -0.1) is 0 Å². The number of methoxy groups -OCH3 is 2. The lowest BCUT2D eigenvalue weighted by atomic mass is 10.3. The summed E-state index contributed by atoms with van der Waals surface area (Å²) in [6.07, 6.45) is 0. The Balaban J connectivity index is 1.91. The Morgan fingerprint density at radius 2 is 1.52 bits per heavy atom. The van der Waals surface area contributed by atoms with Gasteiger partial charge in [-0.05, 0) is 60.7 Å². The molecule has 0 bridgehead atoms. The van der Waals surface area contributed by atoms with Gasteiger partial charge in [0.1, 0.15) is 11.5 Å². The van der Waals surface area contributed by atoms with Crippen LogP contribution >= 0.6 is 11.6 Å². The van der Waals surface area contributed by atoms with E-state index in [9.17, 15) is 12.8 Å². The van der Waals surface area contributed by atoms with Gasteiger partial charge in [0.2, 0.25) is 0 Å². The van der Waals surface area contributed by atoms with Crippen molar-refractivity contribution in [3.05, 3.63) is 71.5 Å². The van der Waals surface area contributed by atoms with Crippen molar-refractivity contribution in [1.82, 2.24) is 0 Å². The average molecular weight is 438 g/mol. The molecule has 3 aromatic carbocycles. The lowest BCUT2D eigenvalue weighted by Crippen LogP contribution is -2.14. The third-order valence-electron chi connectivity index (χ3n) is 3.91. The molecule has 0 aromatic heterocycles. The third kappa shape index (κ3) is 4.90. The van der Waals surface area contributed by atoms with Crippen molar-refractivity contribution in [2.24, 2.45) is 0 Å². The molecule has 0 aliphatic carbocycles. The van der Waals surface area contributed by atoms with Gasteiger partial charge in [0.15, 0.2) is 17.3 Å². The van der Waals surface area contributed by atoms with Crippen molar-refractivity contribution >= 4 is 27.3 Å². The standard InChI is InChI=1S/C20H17ClFNO5S/c1-26-14-4-6-15(7-5-14)28-20-9-3-13(21)11-18(20)23-29(24,25)16-8-10-19(27-2)17(22)12-16/h3-12,23H,1-2H3. The summed E-state index contributed by atoms with van der Waals surface area (Å²) in [6, 6.07) is 14.6. The molecular weight excluding hydrogens is 421 g/mol. The first-order chi connectivity index (χ1) is 13.8. The van der Waals surface area contributed by atoms with Crippen molar-refractivity contribution in [3.63, 3.8) is 0 Å². The number of sulfonamides is 1. The predicted octanol–water partition coefficient (Wildman–Crippen LogP) is 5.09. The van der Waals surface area contributed by atoms with Gasteiger partial charge < -0.3 is 14.2 Å². The van der Waals surface area contributed by atoms with Crippen LogP contribution in [0.4, 0.5) is 10.1 Å². The number of anilines is 1. The Kier molecular flexibility index (Phi) is 6.14. The molecule has 0 spiro atoms. The van der Waals surface area contributed by atoms with Gasteiger partial charge in [0, 0.05) is 5.02 Å². The molecule has 0 aliphatic rings. The highest BCUT2D eigenvalue weighted by molar-refractivity contribution is 7.92. The van der Waals surface area contributed by atoms with Crippen molar-refractivity contribution in [1.29, 1.82) is 0 Å². The summed E-state index contributed by atoms with van der Waals surface area (Å²) < 4.78 is 57.4. The molecule has 9 heteroatoms. The van der Waals surface area contributed by atoms with Crippen LogP contribution in [0.3, 0.4) is 0 Å². The zero-order chi connectivity index (χ0) is 21.0. The topological polar surface area (TPSA) is 73.9 Å². The van der Waals surface area contributed by atoms with E-state index in [1.54, 1.807) is 37.4 Å². The van der Waals surface area contributed by atoms with Crippen LogP contribution in [0.5, 0.6) is 23.0 Å². The molecule has 3 rings (SSSR count). The Morgan fingerprint density at radius 1 is 0.862 bits per heavy atom. The van der Waals surface area contributed by atoms with Gasteiger partial charge in [0.05, 0.1) is 24.8 Å². The molecule has 0 saturated carbocycles. The summed E-state index contributed by atoms with van der Waals surface area (Å²) >= 11 is 6.02. The Hall–Kier alpha value is -2.97. The zero-order valence-electron chi connectivity index (χ0n) is 15.5. The van der Waals surface area contributed by atoms with Crippen molar-refractivity contribution in [2.75, 3.05) is 18.9 Å². The number of hydrogen-bond donors (Lipinski definition) is 1. The van der Waals surface area contributed by atoms with Crippen LogP contribution in [-0.4, -0.2) is 22.6 Å². The summed E-state index contributed by atoms with van der Waals surface area (Å²) in [5.74, 6) is 0.475. The number of benzene rings is 3. The largest absolute Gasteiger partial charge is 0.497 e. The van der Waals surface area contributed by atoms with E-state index in [0.29, 0.717) is 16.5 Å². The first-order valence-corrected chi connectivity index (χ1v) is 10.2. The fourth-order valence-corrected chi connectivity index (χ4v) is 3.70. The van der Waals surface area contributed by atoms with Crippen LogP contribution in [0.2, 0.25) is 5.02 Å². The molecule has 0 heterocycles. The molecule has 0 radical (unpaired) electrons. The maximum Gasteiger partial charge on any atom is 0.262 e. The van der Waals surface area contributed by atoms with E-state index in [2.05, 4.69) is 4.72 Å². The fraction of sp³-hybridized carbons (Fsp3) is 0.100. The molecule has 0 atom stereocenters. The minimum Gasteiger partial charge on any atom is -0.497 e. The number of rotatable bonds is 7. The maximum atomic E-state index is 13.9. The first-order valence-electron chi connectivity index (χ1n) is 8.30. The molecule has 3 aromatic rings. The second-order valence-electron chi connectivity index (χ2n) is 5.82. The highest BCUT2D eigenvalue weighted by atomic mass is 35.5. The third-order valence-corrected chi connectivity index (χ3v) is 5.51. The molecule has 29 heavy (non-hydrogen) atoms. The molecule has 0 amide bonds. The summed E-state index contributed by atoms with van der Waals surface area (Å²) in [7, 11) is -1.27. The van der Waals surface area contributed by atoms with Gasteiger partial charge in [0.25, 0.3) is 10.0 Å². The van der Waals surface area contributed by atoms with E-state index in [1.807, 2.05) is 0 Å². The Labute approximate surface area is 172 Å². The van der Waals surface area contributed by atoms with Crippen molar-refractivity contribution in [3.8, 4) is 23.0 Å². The van der Waals surface area contributed by atoms with Gasteiger partial charge in [-0.3, -0.25) is 4.72 Å². The highest BCUT2D eigenvalue weighted by Gasteiger charge is 2.19. The quantitative estimate of drug-likeness (QED) is 0.557. The van der Waals surface area contributed by atoms with E-state index >= 15 is 0 Å². The molecule has 1 N–H and O–H groups in total. The Morgan fingerprint density at radius 3 is 2.14 bits per heavy atom. The number of nitrogens with one attached hydrogen (secondary N) is 1. The molecule has 0 aliphatic heterocycles. The van der Waals surface area contributed by atoms with Gasteiger partial charge >= 0.3 is 0 Å². The van der Waals surface area contributed by atoms with Crippen LogP contribution < -0.4 is 18.9 Å². The highest BCUT2D eigenvalue weighted by Crippen LogP contribution is 2.34. The van der Waals surface area contributed by atoms with Crippen LogP contribution in [0.25, 0.3) is 0 Å². The second kappa shape index (κ2) is 8.59. The number of halogens is 2. The van der Waals surface area contributed by atoms with Crippen molar-refractivity contribution in [2.45, 2.75) is 4.90 Å². The number of ether oxygens (including phenoxy) is 3. The maximum absolute atomic E-state index is 13.9. The fourth-order valence-electron chi connectivity index (χ4n) is 2.46. The van der Waals surface area contributed by atoms with Gasteiger partial charge in [-0.2, -0.15) is 0 Å². The Bertz CT molecular complexity index is 1120. The summed E-state index contributed by atoms with van der Waals surface area (Å²) in [5, 5.41) is 0.297. The first kappa shape index (κ1) is 20.8. The monoisotopic (exact) mass is 437 g/mol. The molecule has 0 fully saturated rings. The summed E-state index contributed by atoms with van der Waals surface area (Å²) in [4.78, 5) is -0.272. The van der Waals surface area contributed by atoms with Gasteiger partial charge in [-0.1, -0.05) is 11.6 Å². The van der Waals surface area contributed by atoms with Crippen LogP contribution in [-0.2, 0) is 10.0 Å². The lowest BCUT2D eigenvalue weighted by molar-refractivity contribution is 0.385. The second-order valence-corrected chi connectivity index (χ2v) is 7.94. The zero-order valence-corrected chi connectivity index (χ0v) is 17.1. The van der Waals surface area contributed by atoms with E-state index in [0.717, 1.165) is 6.07 Å². The van der Waals surface area contributed by atoms with E-state index in [4.69, 9.17) is 25.8 Å². The predicted molar refractivity (Wildman–Crippen MR) is 108 cm³/mol. The average Bonchev–Trinajstić information content (AvgIpc) is 2.70. The molecule has 6 nitrogen and oxygen atoms in total. The molecule has 0 unspecified atom stereocenters. The summed E-state index contributed by atoms with van der Waals surface area (Å²) in [5.41, 5.74) is 0.101. The number of hydrogen-bond acceptors (Lipinski definition) is 5. The van der Waals surface area contributed by atoms with Crippen LogP contribution in [0.15, 0.2) is 65.6 Å². The molecule has 152 valence electrons. The van der Waals surface area contributed by atoms with E-state index in [1.165, 1.54) is 31.4 Å². The molecular formula is C20H17ClFNO5S. The normalized spacial score (nSPS) is 11.0.